The van der Waals surface area contributed by atoms with Crippen LogP contribution in [0.2, 0.25) is 0 Å². The molecule has 1 aliphatic rings. The van der Waals surface area contributed by atoms with Crippen molar-refractivity contribution in [3.63, 3.8) is 0 Å². The van der Waals surface area contributed by atoms with Crippen molar-refractivity contribution in [1.29, 1.82) is 0 Å². The molecule has 6 N–H and O–H groups in total. The van der Waals surface area contributed by atoms with Crippen LogP contribution in [0.4, 0.5) is 0 Å². The summed E-state index contributed by atoms with van der Waals surface area (Å²) in [6.45, 7) is 55.9. The van der Waals surface area contributed by atoms with Gasteiger partial charge in [-0.3, -0.25) is 0 Å². The maximum atomic E-state index is 11.0. The van der Waals surface area contributed by atoms with E-state index in [0.717, 1.165) is 225 Å². The highest BCUT2D eigenvalue weighted by Gasteiger charge is 2.33. The Balaban J connectivity index is 0.000000215. The molecule has 0 saturated heterocycles. The Morgan fingerprint density at radius 2 is 0.448 bits per heavy atom. The molecule has 0 aliphatic heterocycles. The second kappa shape index (κ2) is 40.3. The summed E-state index contributed by atoms with van der Waals surface area (Å²) in [7, 11) is 0. The minimum absolute atomic E-state index is 0.0792. The Bertz CT molecular complexity index is 6650. The summed E-state index contributed by atoms with van der Waals surface area (Å²) in [5, 5.41) is 65.6. The molecule has 134 heavy (non-hydrogen) atoms. The Labute approximate surface area is 797 Å². The van der Waals surface area contributed by atoms with E-state index in [0.29, 0.717) is 41.1 Å². The Morgan fingerprint density at radius 3 is 0.672 bits per heavy atom. The van der Waals surface area contributed by atoms with Gasteiger partial charge in [-0.2, -0.15) is 0 Å². The van der Waals surface area contributed by atoms with E-state index in [1.54, 1.807) is 0 Å². The number of phenols is 6. The van der Waals surface area contributed by atoms with E-state index in [9.17, 15) is 30.6 Å². The Hall–Kier alpha value is -12.6. The van der Waals surface area contributed by atoms with Crippen molar-refractivity contribution >= 4 is 0 Å². The zero-order chi connectivity index (χ0) is 96.8. The van der Waals surface area contributed by atoms with Gasteiger partial charge in [0.05, 0.1) is 6.10 Å². The van der Waals surface area contributed by atoms with Crippen molar-refractivity contribution in [3.05, 3.63) is 394 Å². The molecule has 14 aromatic rings. The molecule has 1 fully saturated rings. The molecule has 0 heterocycles. The standard InChI is InChI=1S/C64H72O5.C60H66O5/c1-35-30-55(39(5)43(9)61(35)65)59(56-31-36(2)62(66)44(10)40(56)6)50-26-22-48(23-27-50)52-18-17-19-53(34-52)49-24-28-51(29-25-49)60(57-32-37(3)63(67)45(11)41(57)7)58-33-38(4)64(46(12)42(58)8)69-47(13)68-54-20-15-14-16-21-54;1-15-64-44(14)65-60-35(5)30-54(39(9)43(60)13)56(53-29-34(4)59(63)42(12)38(53)8)48-25-21-46(22-26-48)50-18-16-17-49(31-50)45-19-23-47(24-20-45)55(51-27-32(2)57(61)40(10)36(51)6)52-28-33(3)58(62)41(11)37(52)7/h17-19,22-34,47,54,59-60,65-67H,14-16,20-21H2,1-13H3;16-31,44,55-56,61-63H,15H2,1-14H3. The van der Waals surface area contributed by atoms with E-state index >= 15 is 0 Å². The topological polar surface area (TPSA) is 158 Å². The van der Waals surface area contributed by atoms with Gasteiger partial charge in [0.1, 0.15) is 46.0 Å². The summed E-state index contributed by atoms with van der Waals surface area (Å²) < 4.78 is 25.1. The van der Waals surface area contributed by atoms with Crippen molar-refractivity contribution < 1.29 is 49.6 Å². The van der Waals surface area contributed by atoms with Crippen LogP contribution < -0.4 is 9.47 Å². The monoisotopic (exact) mass is 1790 g/mol. The first-order valence-corrected chi connectivity index (χ1v) is 47.9. The van der Waals surface area contributed by atoms with Gasteiger partial charge in [-0.1, -0.05) is 201 Å². The number of phenolic OH excluding ortho intramolecular Hbond substituents is 6. The summed E-state index contributed by atoms with van der Waals surface area (Å²) in [6, 6.07) is 70.7. The van der Waals surface area contributed by atoms with Crippen molar-refractivity contribution in [2.75, 3.05) is 6.61 Å². The third kappa shape index (κ3) is 19.3. The van der Waals surface area contributed by atoms with Crippen LogP contribution in [-0.4, -0.2) is 55.9 Å². The summed E-state index contributed by atoms with van der Waals surface area (Å²) in [6.07, 6.45) is 5.49. The van der Waals surface area contributed by atoms with Crippen LogP contribution in [0.5, 0.6) is 46.0 Å². The first kappa shape index (κ1) is 97.4. The number of aryl methyl sites for hydroxylation is 8. The van der Waals surface area contributed by atoms with Gasteiger partial charge in [-0.25, -0.2) is 0 Å². The minimum Gasteiger partial charge on any atom is -0.507 e. The summed E-state index contributed by atoms with van der Waals surface area (Å²) in [5.41, 5.74) is 46.7. The first-order valence-electron chi connectivity index (χ1n) is 47.9. The van der Waals surface area contributed by atoms with Gasteiger partial charge >= 0.3 is 0 Å². The quantitative estimate of drug-likeness (QED) is 0.0254. The van der Waals surface area contributed by atoms with Crippen LogP contribution in [0.25, 0.3) is 44.5 Å². The lowest BCUT2D eigenvalue weighted by Crippen LogP contribution is -2.26. The highest BCUT2D eigenvalue weighted by molar-refractivity contribution is 5.77. The molecule has 1 saturated carbocycles. The molecule has 10 nitrogen and oxygen atoms in total. The van der Waals surface area contributed by atoms with Crippen molar-refractivity contribution in [2.45, 2.75) is 261 Å². The van der Waals surface area contributed by atoms with Crippen molar-refractivity contribution in [3.8, 4) is 90.5 Å². The Kier molecular flexibility index (Phi) is 29.3. The van der Waals surface area contributed by atoms with Crippen LogP contribution in [0, 0.1) is 166 Å². The molecule has 0 radical (unpaired) electrons. The van der Waals surface area contributed by atoms with Crippen molar-refractivity contribution in [2.24, 2.45) is 0 Å². The van der Waals surface area contributed by atoms with Crippen LogP contribution in [0.1, 0.15) is 277 Å². The van der Waals surface area contributed by atoms with Crippen LogP contribution in [0.3, 0.4) is 0 Å². The minimum atomic E-state index is -0.356. The molecule has 10 heteroatoms. The van der Waals surface area contributed by atoms with E-state index < -0.39 is 0 Å². The molecule has 694 valence electrons. The largest absolute Gasteiger partial charge is 0.507 e. The van der Waals surface area contributed by atoms with Gasteiger partial charge in [0.15, 0.2) is 12.6 Å². The molecule has 0 bridgehead atoms. The van der Waals surface area contributed by atoms with E-state index in [4.69, 9.17) is 18.9 Å². The fourth-order valence-electron chi connectivity index (χ4n) is 21.0. The fourth-order valence-corrected chi connectivity index (χ4v) is 21.0. The van der Waals surface area contributed by atoms with Crippen LogP contribution >= 0.6 is 0 Å². The lowest BCUT2D eigenvalue weighted by molar-refractivity contribution is -0.117. The third-order valence-corrected chi connectivity index (χ3v) is 30.1. The average Bonchev–Trinajstić information content (AvgIpc) is 0.766. The van der Waals surface area contributed by atoms with Crippen molar-refractivity contribution in [1.82, 2.24) is 0 Å². The van der Waals surface area contributed by atoms with E-state index in [2.05, 4.69) is 277 Å². The van der Waals surface area contributed by atoms with Gasteiger partial charge in [-0.15, -0.1) is 0 Å². The predicted octanol–water partition coefficient (Wildman–Crippen LogP) is 31.2. The van der Waals surface area contributed by atoms with Crippen LogP contribution in [0.15, 0.2) is 194 Å². The maximum absolute atomic E-state index is 11.0. The average molecular weight is 1790 g/mol. The molecule has 4 atom stereocenters. The SMILES string of the molecule is CCOC(C)Oc1c(C)cc(C(c2ccc(-c3cccc(-c4ccc(C(c5cc(C)c(O)c(C)c5C)c5cc(C)c(O)c(C)c5C)cc4)c3)cc2)c2cc(C)c(O)c(C)c2C)c(C)c1C.Cc1cc(C(c2ccc(-c3cccc(-c4ccc(C(c5cc(C)c(O)c(C)c5C)c5cc(C)c(OC(C)OC6CCCCC6)c(C)c5C)cc4)c3)cc2)c2cc(C)c(O)c(C)c2C)c(C)c(C)c1O. The molecule has 4 unspecified atom stereocenters. The summed E-state index contributed by atoms with van der Waals surface area (Å²) >= 11 is 0. The van der Waals surface area contributed by atoms with Gasteiger partial charge in [-0.05, 0) is 457 Å². The molecule has 0 amide bonds. The Morgan fingerprint density at radius 1 is 0.239 bits per heavy atom. The molecular formula is C124H138O10. The van der Waals surface area contributed by atoms with E-state index in [-0.39, 0.29) is 42.4 Å². The summed E-state index contributed by atoms with van der Waals surface area (Å²) in [5.74, 6) is 3.47. The second-order valence-corrected chi connectivity index (χ2v) is 38.6. The smallest absolute Gasteiger partial charge is 0.197 e. The molecule has 15 rings (SSSR count). The normalized spacial score (nSPS) is 13.3. The highest BCUT2D eigenvalue weighted by Crippen LogP contribution is 2.50. The van der Waals surface area contributed by atoms with Gasteiger partial charge in [0.25, 0.3) is 0 Å². The van der Waals surface area contributed by atoms with Crippen LogP contribution in [-0.2, 0) is 9.47 Å². The molecular weight excluding hydrogens is 1650 g/mol. The lowest BCUT2D eigenvalue weighted by atomic mass is 9.78. The third-order valence-electron chi connectivity index (χ3n) is 30.1. The molecule has 14 aromatic carbocycles. The number of ether oxygens (including phenoxy) is 4. The van der Waals surface area contributed by atoms with Gasteiger partial charge in [0.2, 0.25) is 0 Å². The first-order chi connectivity index (χ1) is 63.7. The van der Waals surface area contributed by atoms with Gasteiger partial charge < -0.3 is 49.6 Å². The highest BCUT2D eigenvalue weighted by atomic mass is 16.7. The maximum Gasteiger partial charge on any atom is 0.197 e. The number of benzene rings is 14. The second-order valence-electron chi connectivity index (χ2n) is 38.6. The number of hydrogen-bond acceptors (Lipinski definition) is 10. The number of hydrogen-bond donors (Lipinski definition) is 6. The molecule has 1 aliphatic carbocycles. The lowest BCUT2D eigenvalue weighted by Gasteiger charge is -2.29. The number of rotatable bonds is 24. The predicted molar refractivity (Wildman–Crippen MR) is 553 cm³/mol. The zero-order valence-corrected chi connectivity index (χ0v) is 84.1. The molecule has 0 spiro atoms. The molecule has 0 aromatic heterocycles. The zero-order valence-electron chi connectivity index (χ0n) is 84.1. The summed E-state index contributed by atoms with van der Waals surface area (Å²) in [4.78, 5) is 0. The fraction of sp³-hybridized carbons (Fsp3) is 0.323. The van der Waals surface area contributed by atoms with E-state index in [1.165, 1.54) is 63.8 Å². The van der Waals surface area contributed by atoms with Gasteiger partial charge in [0, 0.05) is 30.3 Å². The number of aromatic hydroxyl groups is 6. The van der Waals surface area contributed by atoms with E-state index in [1.807, 2.05) is 104 Å².